The van der Waals surface area contributed by atoms with E-state index in [4.69, 9.17) is 4.98 Å². The van der Waals surface area contributed by atoms with Crippen LogP contribution >= 0.6 is 27.3 Å². The zero-order chi connectivity index (χ0) is 15.8. The average Bonchev–Trinajstić information content (AvgIpc) is 3.20. The van der Waals surface area contributed by atoms with Gasteiger partial charge in [0, 0.05) is 16.6 Å². The van der Waals surface area contributed by atoms with E-state index in [2.05, 4.69) is 22.0 Å². The molecule has 3 nitrogen and oxygen atoms in total. The number of hydrogen-bond acceptors (Lipinski definition) is 3. The topological polar surface area (TPSA) is 33.2 Å². The van der Waals surface area contributed by atoms with E-state index in [1.165, 1.54) is 4.70 Å². The Labute approximate surface area is 147 Å². The van der Waals surface area contributed by atoms with E-state index < -0.39 is 0 Å². The summed E-state index contributed by atoms with van der Waals surface area (Å²) in [6.45, 7) is 0.798. The van der Waals surface area contributed by atoms with Crippen LogP contribution in [0.3, 0.4) is 0 Å². The fraction of sp³-hybridized carbons (Fsp3) is 0.222. The number of amides is 1. The fourth-order valence-electron chi connectivity index (χ4n) is 3.09. The van der Waals surface area contributed by atoms with Gasteiger partial charge in [-0.3, -0.25) is 4.79 Å². The van der Waals surface area contributed by atoms with Crippen molar-refractivity contribution in [2.75, 3.05) is 6.54 Å². The molecule has 0 bridgehead atoms. The summed E-state index contributed by atoms with van der Waals surface area (Å²) >= 11 is 5.14. The molecule has 4 rings (SSSR count). The van der Waals surface area contributed by atoms with Crippen LogP contribution in [0.1, 0.15) is 34.2 Å². The number of aromatic nitrogens is 1. The fourth-order valence-corrected chi connectivity index (χ4v) is 4.60. The maximum Gasteiger partial charge on any atom is 0.254 e. The molecule has 0 saturated carbocycles. The molecule has 0 spiro atoms. The van der Waals surface area contributed by atoms with Crippen molar-refractivity contribution in [1.82, 2.24) is 9.88 Å². The van der Waals surface area contributed by atoms with Crippen LogP contribution in [0.2, 0.25) is 0 Å². The SMILES string of the molecule is O=C(c1cccc(Br)c1)N1CCC[C@H]1c1nc2ccccc2s1. The van der Waals surface area contributed by atoms with Crippen LogP contribution in [0.15, 0.2) is 53.0 Å². The second-order valence-corrected chi connectivity index (χ2v) is 7.66. The van der Waals surface area contributed by atoms with Crippen molar-refractivity contribution >= 4 is 43.4 Å². The number of rotatable bonds is 2. The van der Waals surface area contributed by atoms with E-state index in [1.807, 2.05) is 47.4 Å². The van der Waals surface area contributed by atoms with Gasteiger partial charge in [0.1, 0.15) is 5.01 Å². The van der Waals surface area contributed by atoms with E-state index in [9.17, 15) is 4.79 Å². The van der Waals surface area contributed by atoms with Crippen LogP contribution in [0.5, 0.6) is 0 Å². The summed E-state index contributed by atoms with van der Waals surface area (Å²) in [7, 11) is 0. The highest BCUT2D eigenvalue weighted by molar-refractivity contribution is 9.10. The zero-order valence-corrected chi connectivity index (χ0v) is 14.8. The van der Waals surface area contributed by atoms with E-state index in [-0.39, 0.29) is 11.9 Å². The second-order valence-electron chi connectivity index (χ2n) is 5.69. The first-order chi connectivity index (χ1) is 11.2. The lowest BCUT2D eigenvalue weighted by atomic mass is 10.1. The third-order valence-electron chi connectivity index (χ3n) is 4.18. The Morgan fingerprint density at radius 3 is 2.91 bits per heavy atom. The molecule has 1 atom stereocenters. The third kappa shape index (κ3) is 2.79. The molecule has 5 heteroatoms. The Hall–Kier alpha value is -1.72. The van der Waals surface area contributed by atoms with Gasteiger partial charge in [-0.2, -0.15) is 0 Å². The number of thiazole rings is 1. The average molecular weight is 387 g/mol. The molecule has 0 N–H and O–H groups in total. The first-order valence-electron chi connectivity index (χ1n) is 7.64. The monoisotopic (exact) mass is 386 g/mol. The quantitative estimate of drug-likeness (QED) is 0.618. The summed E-state index contributed by atoms with van der Waals surface area (Å²) in [6.07, 6.45) is 2.01. The van der Waals surface area contributed by atoms with E-state index in [1.54, 1.807) is 11.3 Å². The summed E-state index contributed by atoms with van der Waals surface area (Å²) in [4.78, 5) is 19.6. The molecule has 1 aliphatic rings. The smallest absolute Gasteiger partial charge is 0.254 e. The number of carbonyl (C=O) groups is 1. The first-order valence-corrected chi connectivity index (χ1v) is 9.25. The summed E-state index contributed by atoms with van der Waals surface area (Å²) < 4.78 is 2.11. The molecule has 1 aliphatic heterocycles. The molecule has 0 unspecified atom stereocenters. The Morgan fingerprint density at radius 2 is 2.09 bits per heavy atom. The van der Waals surface area contributed by atoms with Gasteiger partial charge in [0.2, 0.25) is 0 Å². The van der Waals surface area contributed by atoms with Gasteiger partial charge in [-0.05, 0) is 43.2 Å². The van der Waals surface area contributed by atoms with Crippen LogP contribution in [-0.2, 0) is 0 Å². The van der Waals surface area contributed by atoms with Crippen molar-refractivity contribution in [3.8, 4) is 0 Å². The van der Waals surface area contributed by atoms with Crippen molar-refractivity contribution < 1.29 is 4.79 Å². The maximum atomic E-state index is 12.9. The number of benzene rings is 2. The minimum atomic E-state index is 0.0908. The normalized spacial score (nSPS) is 17.8. The van der Waals surface area contributed by atoms with Crippen LogP contribution in [0, 0.1) is 0 Å². The first kappa shape index (κ1) is 14.8. The minimum Gasteiger partial charge on any atom is -0.329 e. The predicted molar refractivity (Wildman–Crippen MR) is 96.8 cm³/mol. The van der Waals surface area contributed by atoms with Gasteiger partial charge in [0.25, 0.3) is 5.91 Å². The minimum absolute atomic E-state index is 0.0908. The van der Waals surface area contributed by atoms with Crippen LogP contribution < -0.4 is 0 Å². The van der Waals surface area contributed by atoms with Crippen LogP contribution in [0.25, 0.3) is 10.2 Å². The zero-order valence-electron chi connectivity index (χ0n) is 12.4. The van der Waals surface area contributed by atoms with Crippen molar-refractivity contribution in [1.29, 1.82) is 0 Å². The molecular formula is C18H15BrN2OS. The molecule has 116 valence electrons. The van der Waals surface area contributed by atoms with Gasteiger partial charge >= 0.3 is 0 Å². The van der Waals surface area contributed by atoms with Crippen molar-refractivity contribution in [2.45, 2.75) is 18.9 Å². The number of fused-ring (bicyclic) bond motifs is 1. The standard InChI is InChI=1S/C18H15BrN2OS/c19-13-6-3-5-12(11-13)18(22)21-10-4-8-15(21)17-20-14-7-1-2-9-16(14)23-17/h1-3,5-7,9,11,15H,4,8,10H2/t15-/m0/s1. The number of nitrogens with zero attached hydrogens (tertiary/aromatic N) is 2. The molecule has 2 heterocycles. The predicted octanol–water partition coefficient (Wildman–Crippen LogP) is 5.04. The van der Waals surface area contributed by atoms with Gasteiger partial charge in [-0.25, -0.2) is 4.98 Å². The summed E-state index contributed by atoms with van der Waals surface area (Å²) in [5, 5.41) is 1.05. The highest BCUT2D eigenvalue weighted by atomic mass is 79.9. The van der Waals surface area contributed by atoms with Crippen LogP contribution in [-0.4, -0.2) is 22.3 Å². The third-order valence-corrected chi connectivity index (χ3v) is 5.81. The van der Waals surface area contributed by atoms with Crippen molar-refractivity contribution in [2.24, 2.45) is 0 Å². The Kier molecular flexibility index (Phi) is 3.91. The second kappa shape index (κ2) is 6.06. The summed E-state index contributed by atoms with van der Waals surface area (Å²) in [5.41, 5.74) is 1.75. The Morgan fingerprint density at radius 1 is 1.22 bits per heavy atom. The van der Waals surface area contributed by atoms with Gasteiger partial charge in [0.15, 0.2) is 0 Å². The van der Waals surface area contributed by atoms with Gasteiger partial charge in [-0.15, -0.1) is 11.3 Å². The van der Waals surface area contributed by atoms with Crippen molar-refractivity contribution in [3.63, 3.8) is 0 Å². The Bertz CT molecular complexity index is 843. The van der Waals surface area contributed by atoms with E-state index in [0.29, 0.717) is 0 Å². The lowest BCUT2D eigenvalue weighted by molar-refractivity contribution is 0.0735. The number of carbonyl (C=O) groups excluding carboxylic acids is 1. The molecular weight excluding hydrogens is 372 g/mol. The highest BCUT2D eigenvalue weighted by Crippen LogP contribution is 2.37. The number of likely N-dealkylation sites (tertiary alicyclic amines) is 1. The Balaban J connectivity index is 1.67. The summed E-state index contributed by atoms with van der Waals surface area (Å²) in [5.74, 6) is 0.0908. The lowest BCUT2D eigenvalue weighted by Gasteiger charge is -2.23. The molecule has 0 radical (unpaired) electrons. The van der Waals surface area contributed by atoms with Gasteiger partial charge in [0.05, 0.1) is 16.3 Å². The van der Waals surface area contributed by atoms with Crippen LogP contribution in [0.4, 0.5) is 0 Å². The van der Waals surface area contributed by atoms with Gasteiger partial charge in [-0.1, -0.05) is 34.1 Å². The number of halogens is 1. The highest BCUT2D eigenvalue weighted by Gasteiger charge is 2.32. The van der Waals surface area contributed by atoms with E-state index in [0.717, 1.165) is 39.9 Å². The molecule has 23 heavy (non-hydrogen) atoms. The summed E-state index contributed by atoms with van der Waals surface area (Å²) in [6, 6.07) is 15.9. The largest absolute Gasteiger partial charge is 0.329 e. The molecule has 0 aliphatic carbocycles. The maximum absolute atomic E-state index is 12.9. The molecule has 3 aromatic rings. The molecule has 1 aromatic heterocycles. The van der Waals surface area contributed by atoms with Gasteiger partial charge < -0.3 is 4.90 Å². The van der Waals surface area contributed by atoms with E-state index >= 15 is 0 Å². The number of para-hydroxylation sites is 1. The molecule has 1 saturated heterocycles. The molecule has 1 amide bonds. The molecule has 1 fully saturated rings. The molecule has 2 aromatic carbocycles. The lowest BCUT2D eigenvalue weighted by Crippen LogP contribution is -2.30. The number of hydrogen-bond donors (Lipinski definition) is 0. The van der Waals surface area contributed by atoms with Crippen molar-refractivity contribution in [3.05, 3.63) is 63.6 Å².